The predicted molar refractivity (Wildman–Crippen MR) is 447 cm³/mol. The Morgan fingerprint density at radius 2 is 1.00 bits per heavy atom. The average Bonchev–Trinajstić information content (AvgIpc) is 0.792. The fourth-order valence-electron chi connectivity index (χ4n) is 21.9. The summed E-state index contributed by atoms with van der Waals surface area (Å²) < 4.78 is 60.6. The molecule has 121 heavy (non-hydrogen) atoms. The van der Waals surface area contributed by atoms with Gasteiger partial charge in [-0.05, 0) is 160 Å². The number of aliphatic hydroxyl groups is 1. The summed E-state index contributed by atoms with van der Waals surface area (Å²) in [5.41, 5.74) is 15.7. The van der Waals surface area contributed by atoms with E-state index in [0.29, 0.717) is 60.2 Å². The summed E-state index contributed by atoms with van der Waals surface area (Å²) in [6, 6.07) is 18.3. The number of esters is 4. The van der Waals surface area contributed by atoms with Gasteiger partial charge in [-0.15, -0.1) is 33.6 Å². The third-order valence-electron chi connectivity index (χ3n) is 26.9. The topological polar surface area (TPSA) is 377 Å². The van der Waals surface area contributed by atoms with Gasteiger partial charge in [0.15, 0.2) is 57.1 Å². The van der Waals surface area contributed by atoms with Crippen LogP contribution in [-0.2, 0) is 97.3 Å². The van der Waals surface area contributed by atoms with Crippen molar-refractivity contribution >= 4 is 69.2 Å². The number of nitrogens with one attached hydrogen (secondary N) is 4. The number of carbonyl (C=O) groups is 4. The average molecular weight is 1790 g/mol. The third-order valence-corrected chi connectivity index (χ3v) is 29.8. The van der Waals surface area contributed by atoms with Crippen molar-refractivity contribution in [2.75, 3.05) is 79.8 Å². The minimum absolute atomic E-state index is 0. The maximum atomic E-state index is 15.1. The van der Waals surface area contributed by atoms with Gasteiger partial charge in [-0.1, -0.05) is 70.8 Å². The van der Waals surface area contributed by atoms with Gasteiger partial charge in [0.05, 0.1) is 61.9 Å². The first-order chi connectivity index (χ1) is 56.2. The Morgan fingerprint density at radius 1 is 0.603 bits per heavy atom. The summed E-state index contributed by atoms with van der Waals surface area (Å²) >= 11 is 3.26. The number of nitriles is 1. The summed E-state index contributed by atoms with van der Waals surface area (Å²) in [7, 11) is 7.24. The molecule has 0 unspecified atom stereocenters. The predicted octanol–water partition coefficient (Wildman–Crippen LogP) is 11.1. The van der Waals surface area contributed by atoms with Crippen molar-refractivity contribution in [3.63, 3.8) is 0 Å². The van der Waals surface area contributed by atoms with Crippen LogP contribution in [0.3, 0.4) is 0 Å². The van der Waals surface area contributed by atoms with Gasteiger partial charge in [-0.2, -0.15) is 5.26 Å². The maximum Gasteiger partial charge on any atom is 0.333 e. The van der Waals surface area contributed by atoms with Gasteiger partial charge in [0.1, 0.15) is 38.7 Å². The molecule has 6 aromatic carbocycles. The van der Waals surface area contributed by atoms with Crippen molar-refractivity contribution in [1.82, 2.24) is 40.2 Å². The normalized spacial score (nSPS) is 28.3. The van der Waals surface area contributed by atoms with Crippen LogP contribution in [0.4, 0.5) is 0 Å². The van der Waals surface area contributed by atoms with E-state index < -0.39 is 70.4 Å². The molecule has 8 N–H and O–H groups in total. The Labute approximate surface area is 725 Å². The number of carbonyl (C=O) groups excluding carboxylic acids is 4. The first-order valence-electron chi connectivity index (χ1n) is 39.3. The van der Waals surface area contributed by atoms with Crippen molar-refractivity contribution < 1.29 is 115 Å². The third kappa shape index (κ3) is 13.3. The minimum Gasteiger partial charge on any atom is -0.504 e. The van der Waals surface area contributed by atoms with E-state index in [1.54, 1.807) is 37.7 Å². The molecule has 649 valence electrons. The molecule has 33 heteroatoms. The van der Waals surface area contributed by atoms with Gasteiger partial charge in [-0.25, -0.2) is 9.59 Å². The molecule has 16 atom stereocenters. The number of ether oxygens (including phenoxy) is 10. The molecule has 2 spiro atoms. The number of aromatic hydroxyl groups is 2. The van der Waals surface area contributed by atoms with Crippen LogP contribution in [0.25, 0.3) is 21.8 Å². The van der Waals surface area contributed by atoms with E-state index in [0.717, 1.165) is 122 Å². The monoisotopic (exact) mass is 1790 g/mol. The zero-order valence-electron chi connectivity index (χ0n) is 67.0. The SMILES string of the molecule is C.C.C.COc1c(C)cc2c(c1O)[C@@H]1[C@@H]3[C@@H]4SC[C@]5(N[C@H](COC(C)=O)Cc6c5[nH]c5ccccc65)C(=O)OC[C@@H](c5c6c(c(C)c(C)c54)OCO6)N3[C@@H](C#N)[C@H](C2)N1C.COc1c(C)cc2c(c1O)[C@@H]1[C@@H]3[C@@H]4SC[C@]5(N[C@H](COC(C)=O)Cc6c5[nH]c5ccccc65)C(=O)OC[C@@H](c5c6c(c(C)c(C)c54)OCO6)N3[C@@H](O)[C@H](C2)N1C.O=[N+]([O-])O.[Ag]. The number of aromatic nitrogens is 2. The first kappa shape index (κ1) is 87.9. The van der Waals surface area contributed by atoms with E-state index in [1.165, 1.54) is 13.8 Å². The Kier molecular flexibility index (Phi) is 23.9. The number of H-pyrrole nitrogens is 2. The smallest absolute Gasteiger partial charge is 0.333 e. The van der Waals surface area contributed by atoms with E-state index in [1.807, 2.05) is 64.2 Å². The van der Waals surface area contributed by atoms with Crippen LogP contribution in [-0.4, -0.2) is 207 Å². The first-order valence-corrected chi connectivity index (χ1v) is 41.4. The number of aliphatic hydroxyl groups excluding tert-OH is 1. The number of hydrogen-bond donors (Lipinski definition) is 8. The van der Waals surface area contributed by atoms with Crippen LogP contribution >= 0.6 is 23.5 Å². The van der Waals surface area contributed by atoms with Crippen LogP contribution in [0.1, 0.15) is 171 Å². The van der Waals surface area contributed by atoms with Crippen LogP contribution in [0.15, 0.2) is 60.7 Å². The van der Waals surface area contributed by atoms with Crippen molar-refractivity contribution in [1.29, 1.82) is 5.26 Å². The number of benzene rings is 6. The summed E-state index contributed by atoms with van der Waals surface area (Å²) in [6.07, 6.45) is 1.18. The number of methoxy groups -OCH3 is 2. The molecular formula is C88H104AgN10O20S2. The molecule has 4 saturated heterocycles. The molecule has 22 rings (SSSR count). The molecule has 8 aromatic rings. The van der Waals surface area contributed by atoms with E-state index in [2.05, 4.69) is 98.4 Å². The summed E-state index contributed by atoms with van der Waals surface area (Å²) in [5.74, 6) is 2.47. The molecule has 8 bridgehead atoms. The minimum atomic E-state index is -1.50. The number of phenolic OH excluding ortho intramolecular Hbond substituents is 2. The Morgan fingerprint density at radius 3 is 1.42 bits per heavy atom. The van der Waals surface area contributed by atoms with Crippen molar-refractivity contribution in [3.8, 4) is 52.1 Å². The summed E-state index contributed by atoms with van der Waals surface area (Å²) in [6.45, 7) is 15.1. The van der Waals surface area contributed by atoms with Gasteiger partial charge < -0.3 is 77.9 Å². The fraction of sp³-hybridized carbons (Fsp3) is 0.489. The van der Waals surface area contributed by atoms with Crippen LogP contribution in [0.5, 0.6) is 46.0 Å². The second-order valence-corrected chi connectivity index (χ2v) is 35.0. The molecule has 14 aliphatic rings. The zero-order chi connectivity index (χ0) is 82.2. The number of phenols is 2. The van der Waals surface area contributed by atoms with Gasteiger partial charge >= 0.3 is 23.9 Å². The van der Waals surface area contributed by atoms with E-state index in [-0.39, 0.29) is 160 Å². The van der Waals surface area contributed by atoms with Gasteiger partial charge in [-0.3, -0.25) is 39.8 Å². The Balaban J connectivity index is 0.000000184. The number of nitrogens with zero attached hydrogens (tertiary/aromatic N) is 6. The molecule has 0 amide bonds. The number of aryl methyl sites for hydroxylation is 2. The van der Waals surface area contributed by atoms with Crippen LogP contribution < -0.4 is 39.1 Å². The molecule has 0 saturated carbocycles. The summed E-state index contributed by atoms with van der Waals surface area (Å²) in [4.78, 5) is 78.8. The van der Waals surface area contributed by atoms with Gasteiger partial charge in [0.25, 0.3) is 5.09 Å². The number of aromatic amines is 2. The number of rotatable bonds is 6. The fourth-order valence-corrected chi connectivity index (χ4v) is 25.3. The summed E-state index contributed by atoms with van der Waals surface area (Å²) in [5, 5.41) is 70.3. The van der Waals surface area contributed by atoms with Crippen molar-refractivity contribution in [2.45, 2.75) is 198 Å². The quantitative estimate of drug-likeness (QED) is 0.0252. The maximum absolute atomic E-state index is 15.1. The Hall–Kier alpha value is -9.47. The zero-order valence-corrected chi connectivity index (χ0v) is 70.1. The number of piperazine rings is 2. The molecule has 14 aliphatic heterocycles. The largest absolute Gasteiger partial charge is 0.504 e. The number of thioether (sulfide) groups is 2. The molecule has 2 aromatic heterocycles. The standard InChI is InChI=1S/C43H45N5O8S.C42H46N4O9S.3CH4.Ag.HNO3/c1-19-11-23-12-28-29(14-44)48-30-16-54-42(51)43(41-26(13-24(46-43)15-53-22(4)49)25-9-7-8-10-27(25)45-41)17-57-40(31-20(2)21(3)38-39(33(30)31)56-18-55-38)35(48)34(47(28)5)32(23)36(50)37(19)52-6;1-18-11-22-12-27-40(49)46-28-15-53-41(50)42(39-25(13-23(44-42)14-52-21(4)47)24-9-7-8-10-26(24)43-39)16-56-38(29-19(2)20(3)36-37(31(28)29)55-17-54-36)33(46)32(45(27)5)30(22)34(48)35(18)51-6;;;;;2-1(3)4/h7-11,24,28-30,34-35,40,45-46,50H,12-13,15-18H2,1-6H3;7-11,23,27-28,32-33,38,40,43-44,48-49H,12-17H2,1-6H3;3*1H4;;(H,2,3,4)/t24-,28-,29-,30-,34+,35+,40+,43+;23-,27-,28-,32+,33+,38+,40-,42+;;;;;/m00...../s1. The Bertz CT molecular complexity index is 5580. The van der Waals surface area contributed by atoms with E-state index in [4.69, 9.17) is 62.7 Å². The van der Waals surface area contributed by atoms with Crippen LogP contribution in [0, 0.1) is 63.0 Å². The van der Waals surface area contributed by atoms with Crippen molar-refractivity contribution in [2.24, 2.45) is 0 Å². The molecule has 0 aliphatic carbocycles. The van der Waals surface area contributed by atoms with E-state index >= 15 is 9.59 Å². The van der Waals surface area contributed by atoms with E-state index in [9.17, 15) is 30.2 Å². The molecule has 4 fully saturated rings. The number of para-hydroxylation sites is 2. The van der Waals surface area contributed by atoms with Crippen LogP contribution in [0.2, 0.25) is 0 Å². The molecular weight excluding hydrogens is 1690 g/mol. The second-order valence-electron chi connectivity index (χ2n) is 32.7. The molecule has 30 nitrogen and oxygen atoms in total. The van der Waals surface area contributed by atoms with Gasteiger partial charge in [0, 0.05) is 133 Å². The van der Waals surface area contributed by atoms with Crippen molar-refractivity contribution in [3.05, 3.63) is 171 Å². The van der Waals surface area contributed by atoms with Gasteiger partial charge in [0.2, 0.25) is 13.6 Å². The number of fused-ring (bicyclic) bond motifs is 22. The molecule has 16 heterocycles. The number of hydrogen-bond acceptors (Lipinski definition) is 28. The number of likely N-dealkylation sites (N-methyl/N-ethyl adjacent to an activating group) is 2. The second kappa shape index (κ2) is 33.0. The molecule has 1 radical (unpaired) electrons.